The maximum Gasteiger partial charge on any atom is 0.278 e. The quantitative estimate of drug-likeness (QED) is 0.689. The van der Waals surface area contributed by atoms with Gasteiger partial charge in [0.25, 0.3) is 5.56 Å². The van der Waals surface area contributed by atoms with Gasteiger partial charge in [-0.05, 0) is 37.8 Å². The Kier molecular flexibility index (Phi) is 11.2. The van der Waals surface area contributed by atoms with Crippen LogP contribution in [0.1, 0.15) is 63.6 Å². The van der Waals surface area contributed by atoms with Gasteiger partial charge in [-0.3, -0.25) is 4.79 Å². The van der Waals surface area contributed by atoms with E-state index in [9.17, 15) is 9.90 Å². The molecule has 1 radical (unpaired) electrons. The van der Waals surface area contributed by atoms with Crippen LogP contribution in [0, 0.1) is 14.4 Å². The van der Waals surface area contributed by atoms with Crippen LogP contribution >= 0.6 is 0 Å². The van der Waals surface area contributed by atoms with E-state index in [1.165, 1.54) is 4.68 Å². The van der Waals surface area contributed by atoms with Gasteiger partial charge in [0, 0.05) is 45.2 Å². The van der Waals surface area contributed by atoms with Crippen LogP contribution in [0.25, 0.3) is 11.1 Å². The van der Waals surface area contributed by atoms with Crippen molar-refractivity contribution < 1.29 is 37.8 Å². The van der Waals surface area contributed by atoms with E-state index in [-0.39, 0.29) is 57.4 Å². The van der Waals surface area contributed by atoms with E-state index in [0.717, 1.165) is 36.8 Å². The molecule has 1 aliphatic rings. The Morgan fingerprint density at radius 1 is 1.19 bits per heavy atom. The van der Waals surface area contributed by atoms with E-state index < -0.39 is 0 Å². The first-order valence-electron chi connectivity index (χ1n) is 9.03. The van der Waals surface area contributed by atoms with Crippen LogP contribution in [0.15, 0.2) is 29.1 Å². The minimum Gasteiger partial charge on any atom is -0.505 e. The Bertz CT molecular complexity index is 750. The van der Waals surface area contributed by atoms with Crippen LogP contribution in [0.2, 0.25) is 0 Å². The van der Waals surface area contributed by atoms with Crippen LogP contribution in [0.5, 0.6) is 5.75 Å². The third-order valence-electron chi connectivity index (χ3n) is 4.61. The number of aromatic nitrogens is 2. The molecule has 0 atom stereocenters. The van der Waals surface area contributed by atoms with Gasteiger partial charge in [0.15, 0.2) is 5.75 Å². The van der Waals surface area contributed by atoms with Crippen molar-refractivity contribution in [1.82, 2.24) is 9.78 Å². The van der Waals surface area contributed by atoms with Crippen molar-refractivity contribution in [2.24, 2.45) is 0 Å². The van der Waals surface area contributed by atoms with Crippen molar-refractivity contribution in [3.8, 4) is 16.9 Å². The number of aryl methyl sites for hydroxylation is 2. The molecule has 1 heterocycles. The van der Waals surface area contributed by atoms with Crippen LogP contribution < -0.4 is 5.56 Å². The Hall–Kier alpha value is -0.996. The predicted molar refractivity (Wildman–Crippen MR) is 105 cm³/mol. The zero-order valence-electron chi connectivity index (χ0n) is 16.7. The van der Waals surface area contributed by atoms with Crippen molar-refractivity contribution >= 4 is 0 Å². The molecular formula is C21H31N2O2Y-. The largest absolute Gasteiger partial charge is 0.505 e. The summed E-state index contributed by atoms with van der Waals surface area (Å²) < 4.78 is 1.48. The molecule has 2 aromatic rings. The van der Waals surface area contributed by atoms with E-state index in [0.29, 0.717) is 17.8 Å². The Balaban J connectivity index is 0.00000151. The Morgan fingerprint density at radius 2 is 1.77 bits per heavy atom. The van der Waals surface area contributed by atoms with Crippen molar-refractivity contribution in [2.45, 2.75) is 65.8 Å². The van der Waals surface area contributed by atoms with E-state index in [1.54, 1.807) is 0 Å². The molecule has 1 aromatic heterocycles. The van der Waals surface area contributed by atoms with Crippen LogP contribution in [-0.2, 0) is 39.3 Å². The summed E-state index contributed by atoms with van der Waals surface area (Å²) in [6.07, 6.45) is 4.40. The second kappa shape index (κ2) is 11.7. The second-order valence-electron chi connectivity index (χ2n) is 6.03. The Morgan fingerprint density at radius 3 is 2.31 bits per heavy atom. The zero-order valence-corrected chi connectivity index (χ0v) is 19.6. The molecule has 3 rings (SSSR count). The third kappa shape index (κ3) is 5.04. The maximum atomic E-state index is 12.7. The molecular weight excluding hydrogens is 401 g/mol. The molecule has 0 unspecified atom stereocenters. The van der Waals surface area contributed by atoms with Crippen molar-refractivity contribution in [3.63, 3.8) is 0 Å². The number of nitrogens with zero attached hydrogens (tertiary/aromatic N) is 2. The first-order chi connectivity index (χ1) is 11.6. The monoisotopic (exact) mass is 432 g/mol. The molecule has 1 N–H and O–H groups in total. The smallest absolute Gasteiger partial charge is 0.278 e. The average molecular weight is 432 g/mol. The van der Waals surface area contributed by atoms with E-state index in [2.05, 4.69) is 5.10 Å². The van der Waals surface area contributed by atoms with E-state index in [4.69, 9.17) is 0 Å². The molecule has 4 nitrogen and oxygen atoms in total. The molecule has 26 heavy (non-hydrogen) atoms. The van der Waals surface area contributed by atoms with Gasteiger partial charge in [0.1, 0.15) is 5.69 Å². The van der Waals surface area contributed by atoms with Crippen molar-refractivity contribution in [3.05, 3.63) is 53.3 Å². The number of hydrogen-bond acceptors (Lipinski definition) is 3. The number of benzene rings is 1. The summed E-state index contributed by atoms with van der Waals surface area (Å²) in [6.45, 7) is 8.38. The van der Waals surface area contributed by atoms with Gasteiger partial charge in [-0.1, -0.05) is 51.0 Å². The van der Waals surface area contributed by atoms with Crippen LogP contribution in [0.3, 0.4) is 0 Å². The minimum absolute atomic E-state index is 0. The molecule has 1 fully saturated rings. The molecule has 1 saturated carbocycles. The first kappa shape index (κ1) is 25.0. The predicted octanol–water partition coefficient (Wildman–Crippen LogP) is 5.08. The summed E-state index contributed by atoms with van der Waals surface area (Å²) >= 11 is 0. The summed E-state index contributed by atoms with van der Waals surface area (Å²) in [6, 6.07) is 7.69. The summed E-state index contributed by atoms with van der Waals surface area (Å²) in [7, 11) is 0. The standard InChI is InChI=1S/C18H22N2O2.C2H6.CH3.Y/c1-3-20-18(22)15(14-11-7-4-8-12(14)2)17(21)16(19-20)13-9-5-6-10-13;1-2;;/h4,7-8,11,13,21H,3,5-6,9-10H2,1-2H3;1-2H3;1H3;/q;;-1;. The fraction of sp³-hybridized carbons (Fsp3) is 0.476. The first-order valence-corrected chi connectivity index (χ1v) is 9.03. The summed E-state index contributed by atoms with van der Waals surface area (Å²) in [5.74, 6) is 0.345. The fourth-order valence-electron chi connectivity index (χ4n) is 3.37. The molecule has 1 aliphatic carbocycles. The molecule has 5 heteroatoms. The van der Waals surface area contributed by atoms with E-state index in [1.807, 2.05) is 52.0 Å². The normalized spacial score (nSPS) is 13.2. The van der Waals surface area contributed by atoms with Crippen LogP contribution in [0.4, 0.5) is 0 Å². The van der Waals surface area contributed by atoms with Gasteiger partial charge in [-0.15, -0.1) is 0 Å². The van der Waals surface area contributed by atoms with Gasteiger partial charge >= 0.3 is 0 Å². The molecule has 0 bridgehead atoms. The molecule has 141 valence electrons. The molecule has 0 spiro atoms. The molecule has 0 aliphatic heterocycles. The Labute approximate surface area is 182 Å². The molecule has 0 amide bonds. The summed E-state index contributed by atoms with van der Waals surface area (Å²) in [4.78, 5) is 12.7. The topological polar surface area (TPSA) is 55.1 Å². The average Bonchev–Trinajstić information content (AvgIpc) is 3.13. The minimum atomic E-state index is -0.212. The zero-order chi connectivity index (χ0) is 17.7. The van der Waals surface area contributed by atoms with Crippen molar-refractivity contribution in [1.29, 1.82) is 0 Å². The van der Waals surface area contributed by atoms with Gasteiger partial charge in [-0.2, -0.15) is 5.10 Å². The molecule has 1 aromatic carbocycles. The molecule has 0 saturated heterocycles. The third-order valence-corrected chi connectivity index (χ3v) is 4.61. The summed E-state index contributed by atoms with van der Waals surface area (Å²) in [5, 5.41) is 15.2. The van der Waals surface area contributed by atoms with Gasteiger partial charge < -0.3 is 12.5 Å². The van der Waals surface area contributed by atoms with Crippen molar-refractivity contribution in [2.75, 3.05) is 0 Å². The van der Waals surface area contributed by atoms with Gasteiger partial charge in [0.2, 0.25) is 0 Å². The SMILES string of the molecule is CC.CCn1nc(C2CCCC2)c(O)c(-c2ccccc2C)c1=O.[CH3-].[Y]. The number of rotatable bonds is 3. The number of aromatic hydroxyl groups is 1. The number of hydrogen-bond donors (Lipinski definition) is 1. The summed E-state index contributed by atoms with van der Waals surface area (Å²) in [5.41, 5.74) is 2.67. The van der Waals surface area contributed by atoms with Gasteiger partial charge in [0.05, 0.1) is 5.56 Å². The van der Waals surface area contributed by atoms with E-state index >= 15 is 0 Å². The van der Waals surface area contributed by atoms with Gasteiger partial charge in [-0.25, -0.2) is 4.68 Å². The van der Waals surface area contributed by atoms with Crippen LogP contribution in [-0.4, -0.2) is 14.9 Å². The second-order valence-corrected chi connectivity index (χ2v) is 6.03. The maximum absolute atomic E-state index is 12.7. The fourth-order valence-corrected chi connectivity index (χ4v) is 3.37.